The van der Waals surface area contributed by atoms with Gasteiger partial charge in [0, 0.05) is 32.3 Å². The number of aromatic nitrogens is 2. The van der Waals surface area contributed by atoms with Crippen LogP contribution in [0.2, 0.25) is 0 Å². The minimum Gasteiger partial charge on any atom is -0.376 e. The van der Waals surface area contributed by atoms with Crippen molar-refractivity contribution in [1.82, 2.24) is 15.3 Å². The molecule has 1 saturated heterocycles. The van der Waals surface area contributed by atoms with Gasteiger partial charge in [0.05, 0.1) is 24.2 Å². The largest absolute Gasteiger partial charge is 0.376 e. The molecule has 2 rings (SSSR count). The second-order valence-electron chi connectivity index (χ2n) is 5.98. The predicted octanol–water partition coefficient (Wildman–Crippen LogP) is 2.37. The molecule has 1 fully saturated rings. The number of piperidine rings is 1. The van der Waals surface area contributed by atoms with Crippen molar-refractivity contribution in [3.8, 4) is 0 Å². The Kier molecular flexibility index (Phi) is 6.39. The van der Waals surface area contributed by atoms with E-state index in [0.717, 1.165) is 57.0 Å². The van der Waals surface area contributed by atoms with Crippen molar-refractivity contribution in [1.29, 1.82) is 0 Å². The Morgan fingerprint density at radius 3 is 2.90 bits per heavy atom. The molecule has 1 aliphatic heterocycles. The molecule has 1 aromatic rings. The lowest BCUT2D eigenvalue weighted by molar-refractivity contribution is 0.0439. The van der Waals surface area contributed by atoms with E-state index in [2.05, 4.69) is 41.0 Å². The molecule has 0 aliphatic carbocycles. The van der Waals surface area contributed by atoms with Crippen LogP contribution < -0.4 is 10.2 Å². The summed E-state index contributed by atoms with van der Waals surface area (Å²) in [4.78, 5) is 11.4. The Bertz CT molecular complexity index is 407. The van der Waals surface area contributed by atoms with Crippen molar-refractivity contribution in [3.05, 3.63) is 18.1 Å². The molecular weight excluding hydrogens is 264 g/mol. The first-order chi connectivity index (χ1) is 10.2. The van der Waals surface area contributed by atoms with Crippen molar-refractivity contribution in [2.75, 3.05) is 24.6 Å². The van der Waals surface area contributed by atoms with E-state index in [1.54, 1.807) is 0 Å². The van der Waals surface area contributed by atoms with E-state index in [1.165, 1.54) is 0 Å². The van der Waals surface area contributed by atoms with Crippen LogP contribution in [-0.4, -0.2) is 41.8 Å². The molecule has 0 bridgehead atoms. The van der Waals surface area contributed by atoms with Crippen LogP contribution in [0, 0.1) is 0 Å². The zero-order valence-electron chi connectivity index (χ0n) is 13.5. The Balaban J connectivity index is 1.88. The van der Waals surface area contributed by atoms with Gasteiger partial charge in [0.15, 0.2) is 0 Å². The molecule has 1 aromatic heterocycles. The van der Waals surface area contributed by atoms with Gasteiger partial charge in [-0.25, -0.2) is 4.98 Å². The van der Waals surface area contributed by atoms with E-state index in [9.17, 15) is 0 Å². The highest BCUT2D eigenvalue weighted by molar-refractivity contribution is 5.36. The third-order valence-electron chi connectivity index (χ3n) is 3.64. The Labute approximate surface area is 128 Å². The molecule has 118 valence electrons. The molecule has 0 spiro atoms. The maximum absolute atomic E-state index is 5.87. The van der Waals surface area contributed by atoms with Crippen molar-refractivity contribution < 1.29 is 4.74 Å². The zero-order valence-corrected chi connectivity index (χ0v) is 13.5. The molecule has 0 saturated carbocycles. The lowest BCUT2D eigenvalue weighted by Gasteiger charge is -2.33. The van der Waals surface area contributed by atoms with E-state index < -0.39 is 0 Å². The normalized spacial score (nSPS) is 19.2. The van der Waals surface area contributed by atoms with Gasteiger partial charge in [-0.3, -0.25) is 4.98 Å². The quantitative estimate of drug-likeness (QED) is 0.836. The average Bonchev–Trinajstić information content (AvgIpc) is 2.51. The van der Waals surface area contributed by atoms with E-state index in [-0.39, 0.29) is 0 Å². The number of hydrogen-bond donors (Lipinski definition) is 1. The smallest absolute Gasteiger partial charge is 0.147 e. The number of hydrogen-bond acceptors (Lipinski definition) is 5. The Morgan fingerprint density at radius 2 is 2.24 bits per heavy atom. The standard InChI is InChI=1S/C16H28N4O/c1-4-8-21-15-6-5-7-20(12-15)16-11-18-14(10-19-16)9-17-13(2)3/h10-11,13,15,17H,4-9,12H2,1-3H3. The molecule has 1 N–H and O–H groups in total. The summed E-state index contributed by atoms with van der Waals surface area (Å²) >= 11 is 0. The topological polar surface area (TPSA) is 50.3 Å². The zero-order chi connectivity index (χ0) is 15.1. The lowest BCUT2D eigenvalue weighted by atomic mass is 10.1. The van der Waals surface area contributed by atoms with E-state index in [4.69, 9.17) is 4.74 Å². The van der Waals surface area contributed by atoms with Crippen LogP contribution in [0.4, 0.5) is 5.82 Å². The number of anilines is 1. The van der Waals surface area contributed by atoms with Crippen LogP contribution in [0.3, 0.4) is 0 Å². The monoisotopic (exact) mass is 292 g/mol. The van der Waals surface area contributed by atoms with Crippen LogP contribution in [0.15, 0.2) is 12.4 Å². The van der Waals surface area contributed by atoms with Crippen LogP contribution >= 0.6 is 0 Å². The number of rotatable bonds is 7. The first kappa shape index (κ1) is 16.2. The molecule has 21 heavy (non-hydrogen) atoms. The van der Waals surface area contributed by atoms with Crippen LogP contribution in [0.1, 0.15) is 45.7 Å². The molecule has 5 heteroatoms. The third-order valence-corrected chi connectivity index (χ3v) is 3.64. The van der Waals surface area contributed by atoms with Gasteiger partial charge in [0.25, 0.3) is 0 Å². The molecule has 0 amide bonds. The predicted molar refractivity (Wildman–Crippen MR) is 85.5 cm³/mol. The minimum atomic E-state index is 0.336. The number of nitrogens with zero attached hydrogens (tertiary/aromatic N) is 3. The van der Waals surface area contributed by atoms with Gasteiger partial charge < -0.3 is 15.0 Å². The van der Waals surface area contributed by atoms with Gasteiger partial charge in [-0.2, -0.15) is 0 Å². The van der Waals surface area contributed by atoms with Crippen molar-refractivity contribution in [3.63, 3.8) is 0 Å². The summed E-state index contributed by atoms with van der Waals surface area (Å²) in [7, 11) is 0. The molecule has 1 atom stereocenters. The maximum atomic E-state index is 5.87. The molecule has 0 radical (unpaired) electrons. The summed E-state index contributed by atoms with van der Waals surface area (Å²) in [5, 5.41) is 3.35. The van der Waals surface area contributed by atoms with Crippen LogP contribution in [0.5, 0.6) is 0 Å². The van der Waals surface area contributed by atoms with Crippen molar-refractivity contribution in [2.45, 2.75) is 58.7 Å². The van der Waals surface area contributed by atoms with E-state index in [1.807, 2.05) is 12.4 Å². The summed E-state index contributed by atoms with van der Waals surface area (Å²) in [6.45, 7) is 10.0. The molecule has 1 aliphatic rings. The van der Waals surface area contributed by atoms with Gasteiger partial charge in [-0.15, -0.1) is 0 Å². The van der Waals surface area contributed by atoms with Gasteiger partial charge in [0.2, 0.25) is 0 Å². The number of ether oxygens (including phenoxy) is 1. The highest BCUT2D eigenvalue weighted by Gasteiger charge is 2.21. The first-order valence-electron chi connectivity index (χ1n) is 8.10. The second-order valence-corrected chi connectivity index (χ2v) is 5.98. The Morgan fingerprint density at radius 1 is 1.38 bits per heavy atom. The Hall–Kier alpha value is -1.20. The fraction of sp³-hybridized carbons (Fsp3) is 0.750. The highest BCUT2D eigenvalue weighted by atomic mass is 16.5. The average molecular weight is 292 g/mol. The minimum absolute atomic E-state index is 0.336. The highest BCUT2D eigenvalue weighted by Crippen LogP contribution is 2.19. The van der Waals surface area contributed by atoms with E-state index >= 15 is 0 Å². The summed E-state index contributed by atoms with van der Waals surface area (Å²) in [5.41, 5.74) is 0.989. The summed E-state index contributed by atoms with van der Waals surface area (Å²) in [6.07, 6.45) is 7.49. The lowest BCUT2D eigenvalue weighted by Crippen LogP contribution is -2.40. The van der Waals surface area contributed by atoms with Crippen molar-refractivity contribution >= 4 is 5.82 Å². The maximum Gasteiger partial charge on any atom is 0.147 e. The second kappa shape index (κ2) is 8.29. The number of nitrogens with one attached hydrogen (secondary N) is 1. The fourth-order valence-electron chi connectivity index (χ4n) is 2.48. The SMILES string of the molecule is CCCOC1CCCN(c2cnc(CNC(C)C)cn2)C1. The summed E-state index contributed by atoms with van der Waals surface area (Å²) < 4.78 is 5.87. The molecular formula is C16H28N4O. The molecule has 5 nitrogen and oxygen atoms in total. The fourth-order valence-corrected chi connectivity index (χ4v) is 2.48. The third kappa shape index (κ3) is 5.25. The molecule has 0 aromatic carbocycles. The van der Waals surface area contributed by atoms with Crippen molar-refractivity contribution in [2.24, 2.45) is 0 Å². The van der Waals surface area contributed by atoms with Crippen LogP contribution in [-0.2, 0) is 11.3 Å². The molecule has 1 unspecified atom stereocenters. The van der Waals surface area contributed by atoms with Gasteiger partial charge in [0.1, 0.15) is 5.82 Å². The summed E-state index contributed by atoms with van der Waals surface area (Å²) in [5.74, 6) is 0.966. The first-order valence-corrected chi connectivity index (χ1v) is 8.10. The van der Waals surface area contributed by atoms with E-state index in [0.29, 0.717) is 12.1 Å². The van der Waals surface area contributed by atoms with Gasteiger partial charge >= 0.3 is 0 Å². The molecule has 2 heterocycles. The van der Waals surface area contributed by atoms with Gasteiger partial charge in [-0.1, -0.05) is 20.8 Å². The van der Waals surface area contributed by atoms with Crippen LogP contribution in [0.25, 0.3) is 0 Å². The summed E-state index contributed by atoms with van der Waals surface area (Å²) in [6, 6.07) is 0.463. The van der Waals surface area contributed by atoms with Gasteiger partial charge in [-0.05, 0) is 19.3 Å².